The number of ether oxygens (including phenoxy) is 19. The number of carbonyl (C=O) groups excluding carboxylic acids is 12. The van der Waals surface area contributed by atoms with Gasteiger partial charge in [-0.1, -0.05) is 21.0 Å². The number of halogens is 1. The fourth-order valence-corrected chi connectivity index (χ4v) is 9.49. The second-order valence-electron chi connectivity index (χ2n) is 18.4. The molecule has 0 N–H and O–H groups in total. The molecule has 34 nitrogen and oxygen atoms in total. The molecule has 464 valence electrons. The summed E-state index contributed by atoms with van der Waals surface area (Å²) in [5, 5.41) is 3.31. The minimum atomic E-state index is -2.10. The van der Waals surface area contributed by atoms with E-state index in [2.05, 4.69) is 26.0 Å². The minimum Gasteiger partial charge on any atom is -0.463 e. The van der Waals surface area contributed by atoms with Crippen molar-refractivity contribution < 1.29 is 148 Å². The lowest BCUT2D eigenvalue weighted by Crippen LogP contribution is -2.69. The molecule has 0 aromatic rings. The average Bonchev–Trinajstić information content (AvgIpc) is 3.40. The van der Waals surface area contributed by atoms with E-state index in [4.69, 9.17) is 90.0 Å². The Balaban J connectivity index is 1.93. The van der Waals surface area contributed by atoms with Gasteiger partial charge in [0.25, 0.3) is 0 Å². The van der Waals surface area contributed by atoms with Crippen LogP contribution < -0.4 is 0 Å². The van der Waals surface area contributed by atoms with E-state index in [1.54, 1.807) is 0 Å². The van der Waals surface area contributed by atoms with Crippen molar-refractivity contribution in [2.24, 2.45) is 5.11 Å². The summed E-state index contributed by atoms with van der Waals surface area (Å²) in [6.45, 7) is 9.29. The van der Waals surface area contributed by atoms with Gasteiger partial charge < -0.3 is 90.0 Å². The van der Waals surface area contributed by atoms with Crippen molar-refractivity contribution in [3.05, 3.63) is 10.4 Å². The van der Waals surface area contributed by atoms with E-state index in [9.17, 15) is 63.1 Å². The van der Waals surface area contributed by atoms with Crippen LogP contribution in [0.1, 0.15) is 83.1 Å². The van der Waals surface area contributed by atoms with Crippen LogP contribution in [-0.4, -0.2) is 220 Å². The van der Waals surface area contributed by atoms with Crippen molar-refractivity contribution in [2.75, 3.05) is 25.2 Å². The van der Waals surface area contributed by atoms with Crippen LogP contribution in [0.4, 0.5) is 0 Å². The summed E-state index contributed by atoms with van der Waals surface area (Å²) < 4.78 is 110. The van der Waals surface area contributed by atoms with Gasteiger partial charge in [0.2, 0.25) is 12.4 Å². The number of carbonyl (C=O) groups is 12. The number of rotatable bonds is 23. The van der Waals surface area contributed by atoms with Crippen LogP contribution in [0.25, 0.3) is 10.4 Å². The Kier molecular flexibility index (Phi) is 26.2. The maximum atomic E-state index is 13.2. The largest absolute Gasteiger partial charge is 0.463 e. The normalized spacial score (nSPS) is 32.9. The third kappa shape index (κ3) is 20.2. The van der Waals surface area contributed by atoms with Gasteiger partial charge in [0.1, 0.15) is 68.6 Å². The van der Waals surface area contributed by atoms with E-state index in [-0.39, 0.29) is 5.33 Å². The first-order chi connectivity index (χ1) is 38.9. The van der Waals surface area contributed by atoms with E-state index in [1.807, 2.05) is 0 Å². The van der Waals surface area contributed by atoms with Gasteiger partial charge in [0.05, 0.1) is 0 Å². The summed E-state index contributed by atoms with van der Waals surface area (Å²) in [6, 6.07) is -1.60. The molecular formula is C48H64BrN3O31. The fraction of sp³-hybridized carbons (Fsp3) is 0.750. The molecule has 4 saturated heterocycles. The van der Waals surface area contributed by atoms with Gasteiger partial charge in [-0.3, -0.25) is 57.5 Å². The van der Waals surface area contributed by atoms with Crippen molar-refractivity contribution in [1.29, 1.82) is 0 Å². The van der Waals surface area contributed by atoms with Gasteiger partial charge in [0, 0.05) is 93.3 Å². The summed E-state index contributed by atoms with van der Waals surface area (Å²) in [5.41, 5.74) is 9.56. The van der Waals surface area contributed by atoms with Crippen molar-refractivity contribution in [3.8, 4) is 0 Å². The van der Waals surface area contributed by atoms with Gasteiger partial charge >= 0.3 is 71.6 Å². The number of hydrogen-bond acceptors (Lipinski definition) is 32. The SMILES string of the molecule is CC(=O)OCC1O[C@@H](O[C@H]2C(COC(C)=O)O[C@@H](O[C@H]3C(CBr)O[C@@H](O[C@H]4C(COC(C)=O)OC(OC(C)=O)C(OC(C)=O)[C@H]4OC(C)=O)C(OC(C)=O)[C@H]3OC(C)=O)C(OC(C)=O)[C@H]2OC(C)=O)C(OC(C)=O)[C@@H](OC(C)=O)[C@H]1N=[N+]=[N-]. The highest BCUT2D eigenvalue weighted by Crippen LogP contribution is 2.40. The van der Waals surface area contributed by atoms with E-state index < -0.39 is 214 Å². The van der Waals surface area contributed by atoms with Crippen molar-refractivity contribution in [2.45, 2.75) is 206 Å². The summed E-state index contributed by atoms with van der Waals surface area (Å²) in [7, 11) is 0. The second kappa shape index (κ2) is 31.7. The van der Waals surface area contributed by atoms with Crippen LogP contribution >= 0.6 is 15.9 Å². The molecule has 35 heteroatoms. The molecule has 20 atom stereocenters. The van der Waals surface area contributed by atoms with Gasteiger partial charge in [0.15, 0.2) is 61.6 Å². The van der Waals surface area contributed by atoms with Gasteiger partial charge in [-0.2, -0.15) is 0 Å². The lowest BCUT2D eigenvalue weighted by molar-refractivity contribution is -0.383. The number of nitrogens with zero attached hydrogens (tertiary/aromatic N) is 3. The third-order valence-corrected chi connectivity index (χ3v) is 12.3. The summed E-state index contributed by atoms with van der Waals surface area (Å²) in [5.74, 6) is -12.1. The molecule has 9 unspecified atom stereocenters. The smallest absolute Gasteiger partial charge is 0.305 e. The molecule has 4 rings (SSSR count). The van der Waals surface area contributed by atoms with Crippen molar-refractivity contribution in [3.63, 3.8) is 0 Å². The maximum absolute atomic E-state index is 13.2. The molecular weight excluding hydrogens is 1190 g/mol. The molecule has 0 spiro atoms. The predicted molar refractivity (Wildman–Crippen MR) is 262 cm³/mol. The van der Waals surface area contributed by atoms with Crippen molar-refractivity contribution in [1.82, 2.24) is 0 Å². The van der Waals surface area contributed by atoms with Crippen LogP contribution in [-0.2, 0) is 148 Å². The molecule has 4 fully saturated rings. The Morgan fingerprint density at radius 1 is 0.337 bits per heavy atom. The van der Waals surface area contributed by atoms with Crippen LogP contribution in [0.2, 0.25) is 0 Å². The van der Waals surface area contributed by atoms with Crippen LogP contribution in [0, 0.1) is 0 Å². The monoisotopic (exact) mass is 1260 g/mol. The molecule has 0 radical (unpaired) electrons. The van der Waals surface area contributed by atoms with Gasteiger partial charge in [-0.25, -0.2) is 0 Å². The Hall–Kier alpha value is -6.85. The van der Waals surface area contributed by atoms with Gasteiger partial charge in [-0.05, 0) is 5.53 Å². The quantitative estimate of drug-likeness (QED) is 0.0320. The highest BCUT2D eigenvalue weighted by molar-refractivity contribution is 9.09. The van der Waals surface area contributed by atoms with Gasteiger partial charge in [-0.15, -0.1) is 0 Å². The zero-order valence-electron chi connectivity index (χ0n) is 46.8. The molecule has 0 amide bonds. The highest BCUT2D eigenvalue weighted by atomic mass is 79.9. The van der Waals surface area contributed by atoms with Crippen LogP contribution in [0.3, 0.4) is 0 Å². The van der Waals surface area contributed by atoms with E-state index in [0.717, 1.165) is 83.1 Å². The lowest BCUT2D eigenvalue weighted by Gasteiger charge is -2.51. The van der Waals surface area contributed by atoms with E-state index in [1.165, 1.54) is 0 Å². The predicted octanol–water partition coefficient (Wildman–Crippen LogP) is -0.179. The summed E-state index contributed by atoms with van der Waals surface area (Å²) in [4.78, 5) is 155. The molecule has 4 aliphatic heterocycles. The van der Waals surface area contributed by atoms with E-state index >= 15 is 0 Å². The number of azide groups is 1. The zero-order valence-corrected chi connectivity index (χ0v) is 48.3. The first-order valence-electron chi connectivity index (χ1n) is 25.1. The molecule has 0 aliphatic carbocycles. The molecule has 0 bridgehead atoms. The first-order valence-corrected chi connectivity index (χ1v) is 26.2. The summed E-state index contributed by atoms with van der Waals surface area (Å²) in [6.07, 6.45) is -35.2. The Bertz CT molecular complexity index is 2440. The maximum Gasteiger partial charge on any atom is 0.305 e. The molecule has 0 aromatic heterocycles. The minimum absolute atomic E-state index is 0.343. The molecule has 0 saturated carbocycles. The topological polar surface area (TPSA) is 429 Å². The standard InChI is InChI=1S/C48H64BrN3O31/c1-17(53)65-14-30-33(51-52-50)37(68-20(4)56)41(72-24(8)60)46(78-30)82-36-32(16-67-19(3)55)80-48(44(75-27(11)63)40(36)71-23(7)59)81-34-29(13-49)77-47(43(74-26(10)62)38(34)69-21(5)57)83-35-31(15-66-18(2)54)79-45(76-28(12)64)42(73-25(9)61)39(35)70-22(6)58/h29-48H,13-16H2,1-12H3/t29?,30?,31?,32?,33-,34-,35-,36-,37-,38-,39-,40-,41?,42?,43?,44?,45?,46-,47-,48-/m0/s1. The summed E-state index contributed by atoms with van der Waals surface area (Å²) >= 11 is 3.32. The van der Waals surface area contributed by atoms with Crippen molar-refractivity contribution >= 4 is 87.6 Å². The fourth-order valence-electron chi connectivity index (χ4n) is 8.97. The third-order valence-electron chi connectivity index (χ3n) is 11.7. The van der Waals surface area contributed by atoms with E-state index in [0.29, 0.717) is 0 Å². The van der Waals surface area contributed by atoms with Crippen LogP contribution in [0.15, 0.2) is 5.11 Å². The average molecular weight is 1260 g/mol. The number of alkyl halides is 1. The highest BCUT2D eigenvalue weighted by Gasteiger charge is 2.61. The number of hydrogen-bond donors (Lipinski definition) is 0. The van der Waals surface area contributed by atoms with Crippen LogP contribution in [0.5, 0.6) is 0 Å². The second-order valence-corrected chi connectivity index (χ2v) is 19.1. The molecule has 4 aliphatic rings. The molecule has 0 aromatic carbocycles. The first kappa shape index (κ1) is 68.6. The Morgan fingerprint density at radius 3 is 0.904 bits per heavy atom. The lowest BCUT2D eigenvalue weighted by atomic mass is 9.94. The Labute approximate surface area is 480 Å². The molecule has 83 heavy (non-hydrogen) atoms. The zero-order chi connectivity index (χ0) is 62.2. The molecule has 4 heterocycles. The Morgan fingerprint density at radius 2 is 0.590 bits per heavy atom. The number of esters is 12.